The summed E-state index contributed by atoms with van der Waals surface area (Å²) < 4.78 is 5.13. The monoisotopic (exact) mass is 196 g/mol. The van der Waals surface area contributed by atoms with E-state index in [1.54, 1.807) is 6.26 Å². The third kappa shape index (κ3) is 2.07. The fraction of sp³-hybridized carbons (Fsp3) is 0.700. The topological polar surface area (TPSA) is 58.3 Å². The molecule has 1 aliphatic rings. The van der Waals surface area contributed by atoms with Gasteiger partial charge in [0.15, 0.2) is 0 Å². The van der Waals surface area contributed by atoms with Gasteiger partial charge in [0.25, 0.3) is 6.01 Å². The molecule has 1 aromatic heterocycles. The first-order valence-electron chi connectivity index (χ1n) is 5.06. The van der Waals surface area contributed by atoms with Crippen LogP contribution in [0.4, 0.5) is 6.01 Å². The van der Waals surface area contributed by atoms with Gasteiger partial charge in [-0.1, -0.05) is 0 Å². The first kappa shape index (κ1) is 9.52. The van der Waals surface area contributed by atoms with Crippen LogP contribution < -0.4 is 5.32 Å². The van der Waals surface area contributed by atoms with E-state index in [9.17, 15) is 5.11 Å². The van der Waals surface area contributed by atoms with Gasteiger partial charge in [-0.15, -0.1) is 0 Å². The molecule has 2 rings (SSSR count). The number of nitrogens with one attached hydrogen (secondary N) is 1. The van der Waals surface area contributed by atoms with Gasteiger partial charge in [0.1, 0.15) is 6.26 Å². The number of aryl methyl sites for hydroxylation is 1. The van der Waals surface area contributed by atoms with E-state index in [1.165, 1.54) is 0 Å². The lowest BCUT2D eigenvalue weighted by Gasteiger charge is -2.36. The highest BCUT2D eigenvalue weighted by atomic mass is 16.4. The summed E-state index contributed by atoms with van der Waals surface area (Å²) in [5.41, 5.74) is 0.448. The lowest BCUT2D eigenvalue weighted by molar-refractivity contribution is -0.0371. The van der Waals surface area contributed by atoms with E-state index >= 15 is 0 Å². The maximum Gasteiger partial charge on any atom is 0.294 e. The van der Waals surface area contributed by atoms with Crippen molar-refractivity contribution in [3.63, 3.8) is 0 Å². The Hall–Kier alpha value is -1.03. The molecular formula is C10H16N2O2. The van der Waals surface area contributed by atoms with Gasteiger partial charge in [-0.25, -0.2) is 0 Å². The number of anilines is 1. The number of hydrogen-bond acceptors (Lipinski definition) is 4. The minimum atomic E-state index is -0.422. The lowest BCUT2D eigenvalue weighted by Crippen LogP contribution is -2.38. The molecule has 1 heterocycles. The van der Waals surface area contributed by atoms with Crippen LogP contribution in [0.15, 0.2) is 10.7 Å². The first-order chi connectivity index (χ1) is 6.68. The Morgan fingerprint density at radius 1 is 1.64 bits per heavy atom. The van der Waals surface area contributed by atoms with Gasteiger partial charge in [0.2, 0.25) is 0 Å². The van der Waals surface area contributed by atoms with Crippen molar-refractivity contribution in [3.05, 3.63) is 12.0 Å². The summed E-state index contributed by atoms with van der Waals surface area (Å²) in [4.78, 5) is 4.11. The van der Waals surface area contributed by atoms with Gasteiger partial charge in [-0.2, -0.15) is 4.98 Å². The van der Waals surface area contributed by atoms with E-state index in [-0.39, 0.29) is 0 Å². The molecule has 0 amide bonds. The SMILES string of the molecule is Cc1coc(NCCC2(O)CCC2)n1. The van der Waals surface area contributed by atoms with Crippen LogP contribution in [0, 0.1) is 6.92 Å². The summed E-state index contributed by atoms with van der Waals surface area (Å²) in [6.07, 6.45) is 5.39. The summed E-state index contributed by atoms with van der Waals surface area (Å²) in [6, 6.07) is 0.547. The summed E-state index contributed by atoms with van der Waals surface area (Å²) >= 11 is 0. The zero-order valence-electron chi connectivity index (χ0n) is 8.42. The molecule has 1 aromatic rings. The highest BCUT2D eigenvalue weighted by Crippen LogP contribution is 2.34. The van der Waals surface area contributed by atoms with Crippen molar-refractivity contribution < 1.29 is 9.52 Å². The molecule has 0 aromatic carbocycles. The molecule has 14 heavy (non-hydrogen) atoms. The third-order valence-corrected chi connectivity index (χ3v) is 2.77. The Morgan fingerprint density at radius 2 is 2.43 bits per heavy atom. The maximum absolute atomic E-state index is 9.80. The van der Waals surface area contributed by atoms with E-state index in [1.807, 2.05) is 6.92 Å². The van der Waals surface area contributed by atoms with Gasteiger partial charge in [-0.05, 0) is 32.6 Å². The Balaban J connectivity index is 1.72. The molecule has 4 heteroatoms. The van der Waals surface area contributed by atoms with Crippen LogP contribution in [-0.2, 0) is 0 Å². The van der Waals surface area contributed by atoms with Gasteiger partial charge in [0.05, 0.1) is 11.3 Å². The zero-order valence-corrected chi connectivity index (χ0v) is 8.42. The molecule has 0 aliphatic heterocycles. The van der Waals surface area contributed by atoms with Crippen LogP contribution >= 0.6 is 0 Å². The predicted molar refractivity (Wildman–Crippen MR) is 53.1 cm³/mol. The third-order valence-electron chi connectivity index (χ3n) is 2.77. The average Bonchev–Trinajstić information content (AvgIpc) is 2.49. The van der Waals surface area contributed by atoms with E-state index < -0.39 is 5.60 Å². The number of aliphatic hydroxyl groups is 1. The van der Waals surface area contributed by atoms with Gasteiger partial charge >= 0.3 is 0 Å². The van der Waals surface area contributed by atoms with Crippen LogP contribution in [0.1, 0.15) is 31.4 Å². The highest BCUT2D eigenvalue weighted by Gasteiger charge is 2.33. The molecular weight excluding hydrogens is 180 g/mol. The number of hydrogen-bond donors (Lipinski definition) is 2. The molecule has 1 fully saturated rings. The molecule has 0 spiro atoms. The van der Waals surface area contributed by atoms with Crippen molar-refractivity contribution in [2.75, 3.05) is 11.9 Å². The van der Waals surface area contributed by atoms with Crippen LogP contribution in [-0.4, -0.2) is 22.2 Å². The van der Waals surface area contributed by atoms with E-state index in [4.69, 9.17) is 4.42 Å². The smallest absolute Gasteiger partial charge is 0.294 e. The standard InChI is InChI=1S/C10H16N2O2/c1-8-7-14-9(12-8)11-6-5-10(13)3-2-4-10/h7,13H,2-6H2,1H3,(H,11,12). The molecule has 0 unspecified atom stereocenters. The van der Waals surface area contributed by atoms with Crippen molar-refractivity contribution in [3.8, 4) is 0 Å². The average molecular weight is 196 g/mol. The van der Waals surface area contributed by atoms with Crippen molar-refractivity contribution in [1.29, 1.82) is 0 Å². The highest BCUT2D eigenvalue weighted by molar-refractivity contribution is 5.20. The zero-order chi connectivity index (χ0) is 10.0. The summed E-state index contributed by atoms with van der Waals surface area (Å²) in [6.45, 7) is 2.60. The fourth-order valence-corrected chi connectivity index (χ4v) is 1.67. The molecule has 78 valence electrons. The molecule has 4 nitrogen and oxygen atoms in total. The van der Waals surface area contributed by atoms with E-state index in [0.29, 0.717) is 6.01 Å². The fourth-order valence-electron chi connectivity index (χ4n) is 1.67. The second-order valence-electron chi connectivity index (χ2n) is 4.05. The number of oxazole rings is 1. The first-order valence-corrected chi connectivity index (χ1v) is 5.06. The summed E-state index contributed by atoms with van der Waals surface area (Å²) in [5.74, 6) is 0. The Bertz CT molecular complexity index is 305. The van der Waals surface area contributed by atoms with Crippen LogP contribution in [0.3, 0.4) is 0 Å². The largest absolute Gasteiger partial charge is 0.432 e. The predicted octanol–water partition coefficient (Wildman–Crippen LogP) is 1.70. The van der Waals surface area contributed by atoms with Gasteiger partial charge in [-0.3, -0.25) is 0 Å². The van der Waals surface area contributed by atoms with Crippen LogP contribution in [0.25, 0.3) is 0 Å². The number of rotatable bonds is 4. The Kier molecular flexibility index (Phi) is 2.46. The van der Waals surface area contributed by atoms with E-state index in [2.05, 4.69) is 10.3 Å². The molecule has 0 saturated heterocycles. The minimum absolute atomic E-state index is 0.422. The number of nitrogens with zero attached hydrogens (tertiary/aromatic N) is 1. The number of aromatic nitrogens is 1. The quantitative estimate of drug-likeness (QED) is 0.769. The summed E-state index contributed by atoms with van der Waals surface area (Å²) in [7, 11) is 0. The lowest BCUT2D eigenvalue weighted by atomic mass is 9.78. The Morgan fingerprint density at radius 3 is 2.93 bits per heavy atom. The van der Waals surface area contributed by atoms with Crippen molar-refractivity contribution >= 4 is 6.01 Å². The molecule has 2 N–H and O–H groups in total. The van der Waals surface area contributed by atoms with Crippen LogP contribution in [0.5, 0.6) is 0 Å². The van der Waals surface area contributed by atoms with E-state index in [0.717, 1.165) is 37.9 Å². The Labute approximate surface area is 83.3 Å². The van der Waals surface area contributed by atoms with Crippen LogP contribution in [0.2, 0.25) is 0 Å². The maximum atomic E-state index is 9.80. The van der Waals surface area contributed by atoms with Crippen molar-refractivity contribution in [1.82, 2.24) is 4.98 Å². The van der Waals surface area contributed by atoms with Gasteiger partial charge in [0, 0.05) is 6.54 Å². The molecule has 0 radical (unpaired) electrons. The van der Waals surface area contributed by atoms with Crippen molar-refractivity contribution in [2.24, 2.45) is 0 Å². The molecule has 0 atom stereocenters. The molecule has 1 saturated carbocycles. The molecule has 1 aliphatic carbocycles. The van der Waals surface area contributed by atoms with Gasteiger partial charge < -0.3 is 14.8 Å². The van der Waals surface area contributed by atoms with Crippen molar-refractivity contribution in [2.45, 2.75) is 38.2 Å². The normalized spacial score (nSPS) is 19.0. The summed E-state index contributed by atoms with van der Waals surface area (Å²) in [5, 5.41) is 12.9. The second-order valence-corrected chi connectivity index (χ2v) is 4.05. The second kappa shape index (κ2) is 3.61. The molecule has 0 bridgehead atoms. The minimum Gasteiger partial charge on any atom is -0.432 e.